The standard InChI is InChI=1S/C5H13N3.CH4N2/c6-8-4-5-2-1-3-7-5;1-3-2/h5,7-8H,1-4,6H2;1-2H2. The van der Waals surface area contributed by atoms with Crippen LogP contribution in [-0.4, -0.2) is 25.8 Å². The molecule has 6 N–H and O–H groups in total. The van der Waals surface area contributed by atoms with Crippen LogP contribution < -0.4 is 22.4 Å². The van der Waals surface area contributed by atoms with Crippen LogP contribution in [0, 0.1) is 0 Å². The number of hydrogen-bond donors (Lipinski definition) is 4. The molecule has 0 aromatic rings. The Labute approximate surface area is 67.2 Å². The minimum atomic E-state index is 0.625. The Morgan fingerprint density at radius 2 is 2.36 bits per heavy atom. The first-order valence-electron chi connectivity index (χ1n) is 3.68. The fourth-order valence-corrected chi connectivity index (χ4v) is 1.07. The van der Waals surface area contributed by atoms with Crippen LogP contribution in [0.25, 0.3) is 0 Å². The third-order valence-corrected chi connectivity index (χ3v) is 1.53. The van der Waals surface area contributed by atoms with Gasteiger partial charge in [0.1, 0.15) is 0 Å². The number of nitrogens with zero attached hydrogens (tertiary/aromatic N) is 1. The van der Waals surface area contributed by atoms with E-state index >= 15 is 0 Å². The van der Waals surface area contributed by atoms with Crippen molar-refractivity contribution in [3.8, 4) is 0 Å². The Bertz CT molecular complexity index is 89.0. The highest BCUT2D eigenvalue weighted by atomic mass is 15.2. The van der Waals surface area contributed by atoms with Gasteiger partial charge in [-0.25, -0.2) is 0 Å². The predicted octanol–water partition coefficient (Wildman–Crippen LogP) is -1.24. The highest BCUT2D eigenvalue weighted by Gasteiger charge is 2.11. The molecular weight excluding hydrogens is 142 g/mol. The van der Waals surface area contributed by atoms with E-state index in [9.17, 15) is 0 Å². The summed E-state index contributed by atoms with van der Waals surface area (Å²) < 4.78 is 0. The lowest BCUT2D eigenvalue weighted by Crippen LogP contribution is -2.37. The van der Waals surface area contributed by atoms with Gasteiger partial charge in [0.05, 0.1) is 0 Å². The monoisotopic (exact) mass is 159 g/mol. The summed E-state index contributed by atoms with van der Waals surface area (Å²) in [6.45, 7) is 4.95. The number of hydrazone groups is 1. The molecule has 5 heteroatoms. The highest BCUT2D eigenvalue weighted by Crippen LogP contribution is 2.01. The second-order valence-electron chi connectivity index (χ2n) is 2.38. The highest BCUT2D eigenvalue weighted by molar-refractivity contribution is 5.21. The van der Waals surface area contributed by atoms with Crippen molar-refractivity contribution in [3.05, 3.63) is 0 Å². The van der Waals surface area contributed by atoms with Gasteiger partial charge in [0.25, 0.3) is 0 Å². The molecule has 66 valence electrons. The molecule has 0 radical (unpaired) electrons. The fourth-order valence-electron chi connectivity index (χ4n) is 1.07. The van der Waals surface area contributed by atoms with Crippen LogP contribution in [0.1, 0.15) is 12.8 Å². The van der Waals surface area contributed by atoms with Gasteiger partial charge < -0.3 is 11.2 Å². The Balaban J connectivity index is 0.000000292. The molecular formula is C6H17N5. The molecule has 1 atom stereocenters. The Morgan fingerprint density at radius 1 is 1.73 bits per heavy atom. The van der Waals surface area contributed by atoms with Gasteiger partial charge in [-0.15, -0.1) is 0 Å². The molecule has 0 amide bonds. The quantitative estimate of drug-likeness (QED) is 0.230. The van der Waals surface area contributed by atoms with Crippen molar-refractivity contribution in [2.24, 2.45) is 16.8 Å². The fraction of sp³-hybridized carbons (Fsp3) is 0.833. The normalized spacial score (nSPS) is 22.1. The number of rotatable bonds is 2. The molecule has 0 aliphatic carbocycles. The molecule has 11 heavy (non-hydrogen) atoms. The summed E-state index contributed by atoms with van der Waals surface area (Å²) in [6, 6.07) is 0.625. The molecule has 1 aliphatic rings. The van der Waals surface area contributed by atoms with E-state index in [-0.39, 0.29) is 0 Å². The largest absolute Gasteiger partial charge is 0.324 e. The van der Waals surface area contributed by atoms with Crippen LogP contribution in [0.4, 0.5) is 0 Å². The van der Waals surface area contributed by atoms with Crippen molar-refractivity contribution in [2.75, 3.05) is 13.1 Å². The van der Waals surface area contributed by atoms with E-state index in [1.54, 1.807) is 0 Å². The van der Waals surface area contributed by atoms with Crippen molar-refractivity contribution in [1.29, 1.82) is 0 Å². The van der Waals surface area contributed by atoms with Gasteiger partial charge in [0.15, 0.2) is 0 Å². The average Bonchev–Trinajstić information content (AvgIpc) is 2.42. The van der Waals surface area contributed by atoms with Gasteiger partial charge in [-0.05, 0) is 19.4 Å². The number of hydrazine groups is 1. The molecule has 1 fully saturated rings. The van der Waals surface area contributed by atoms with Crippen molar-refractivity contribution in [1.82, 2.24) is 10.7 Å². The van der Waals surface area contributed by atoms with E-state index in [0.29, 0.717) is 6.04 Å². The van der Waals surface area contributed by atoms with Gasteiger partial charge in [0.2, 0.25) is 0 Å². The minimum Gasteiger partial charge on any atom is -0.324 e. The Morgan fingerprint density at radius 3 is 2.73 bits per heavy atom. The van der Waals surface area contributed by atoms with Crippen molar-refractivity contribution >= 4 is 6.72 Å². The van der Waals surface area contributed by atoms with Gasteiger partial charge in [-0.1, -0.05) is 0 Å². The zero-order chi connectivity index (χ0) is 8.53. The summed E-state index contributed by atoms with van der Waals surface area (Å²) in [7, 11) is 0. The third-order valence-electron chi connectivity index (χ3n) is 1.53. The van der Waals surface area contributed by atoms with Crippen molar-refractivity contribution < 1.29 is 0 Å². The molecule has 0 spiro atoms. The lowest BCUT2D eigenvalue weighted by Gasteiger charge is -2.06. The Hall–Kier alpha value is -0.650. The molecule has 5 nitrogen and oxygen atoms in total. The summed E-state index contributed by atoms with van der Waals surface area (Å²) in [5, 5.41) is 6.06. The zero-order valence-corrected chi connectivity index (χ0v) is 6.71. The molecule has 0 saturated carbocycles. The molecule has 1 saturated heterocycles. The van der Waals surface area contributed by atoms with Crippen LogP contribution in [0.5, 0.6) is 0 Å². The molecule has 1 unspecified atom stereocenters. The van der Waals surface area contributed by atoms with E-state index < -0.39 is 0 Å². The maximum absolute atomic E-state index is 5.12. The number of nitrogens with one attached hydrogen (secondary N) is 2. The third kappa shape index (κ3) is 5.78. The molecule has 0 aromatic heterocycles. The van der Waals surface area contributed by atoms with E-state index in [2.05, 4.69) is 28.4 Å². The molecule has 1 aliphatic heterocycles. The number of hydrogen-bond acceptors (Lipinski definition) is 5. The smallest absolute Gasteiger partial charge is 0.0252 e. The molecule has 1 heterocycles. The van der Waals surface area contributed by atoms with Crippen LogP contribution in [0.3, 0.4) is 0 Å². The molecule has 1 rings (SSSR count). The first-order valence-corrected chi connectivity index (χ1v) is 3.68. The van der Waals surface area contributed by atoms with E-state index in [0.717, 1.165) is 13.1 Å². The summed E-state index contributed by atoms with van der Waals surface area (Å²) in [4.78, 5) is 0. The van der Waals surface area contributed by atoms with Gasteiger partial charge in [-0.3, -0.25) is 11.3 Å². The van der Waals surface area contributed by atoms with Gasteiger partial charge >= 0.3 is 0 Å². The van der Waals surface area contributed by atoms with Crippen LogP contribution >= 0.6 is 0 Å². The van der Waals surface area contributed by atoms with Crippen LogP contribution in [-0.2, 0) is 0 Å². The van der Waals surface area contributed by atoms with Crippen molar-refractivity contribution in [3.63, 3.8) is 0 Å². The first kappa shape index (κ1) is 10.3. The van der Waals surface area contributed by atoms with Crippen molar-refractivity contribution in [2.45, 2.75) is 18.9 Å². The second-order valence-corrected chi connectivity index (χ2v) is 2.38. The SMILES string of the molecule is C=NN.NNCC1CCCN1. The zero-order valence-electron chi connectivity index (χ0n) is 6.71. The summed E-state index contributed by atoms with van der Waals surface area (Å²) >= 11 is 0. The van der Waals surface area contributed by atoms with E-state index in [1.807, 2.05) is 0 Å². The van der Waals surface area contributed by atoms with E-state index in [1.165, 1.54) is 12.8 Å². The molecule has 0 bridgehead atoms. The summed E-state index contributed by atoms with van der Waals surface area (Å²) in [6.07, 6.45) is 2.57. The summed E-state index contributed by atoms with van der Waals surface area (Å²) in [5.74, 6) is 9.48. The average molecular weight is 159 g/mol. The molecule has 0 aromatic carbocycles. The number of nitrogens with two attached hydrogens (primary N) is 2. The predicted molar refractivity (Wildman–Crippen MR) is 47.0 cm³/mol. The lowest BCUT2D eigenvalue weighted by molar-refractivity contribution is 0.548. The Kier molecular flexibility index (Phi) is 7.02. The first-order chi connectivity index (χ1) is 5.35. The minimum absolute atomic E-state index is 0.625. The lowest BCUT2D eigenvalue weighted by atomic mass is 10.2. The van der Waals surface area contributed by atoms with Crippen LogP contribution in [0.2, 0.25) is 0 Å². The summed E-state index contributed by atoms with van der Waals surface area (Å²) in [5.41, 5.74) is 2.65. The van der Waals surface area contributed by atoms with E-state index in [4.69, 9.17) is 5.84 Å². The van der Waals surface area contributed by atoms with Gasteiger partial charge in [-0.2, -0.15) is 5.10 Å². The maximum atomic E-state index is 5.12. The van der Waals surface area contributed by atoms with Gasteiger partial charge in [0, 0.05) is 19.3 Å². The van der Waals surface area contributed by atoms with Crippen LogP contribution in [0.15, 0.2) is 5.10 Å². The second kappa shape index (κ2) is 7.46. The topological polar surface area (TPSA) is 88.5 Å². The maximum Gasteiger partial charge on any atom is 0.0252 e.